The number of para-hydroxylation sites is 1. The molecule has 2 aromatic carbocycles. The lowest BCUT2D eigenvalue weighted by molar-refractivity contribution is 0.0696. The summed E-state index contributed by atoms with van der Waals surface area (Å²) < 4.78 is 0. The lowest BCUT2D eigenvalue weighted by Gasteiger charge is -2.38. The van der Waals surface area contributed by atoms with Crippen molar-refractivity contribution in [3.8, 4) is 0 Å². The van der Waals surface area contributed by atoms with Gasteiger partial charge in [-0.2, -0.15) is 0 Å². The fourth-order valence-electron chi connectivity index (χ4n) is 4.39. The predicted molar refractivity (Wildman–Crippen MR) is 124 cm³/mol. The number of hydrogen-bond donors (Lipinski definition) is 1. The Balaban J connectivity index is 2.01. The Morgan fingerprint density at radius 2 is 1.87 bits per heavy atom. The van der Waals surface area contributed by atoms with Crippen LogP contribution in [0.25, 0.3) is 22.6 Å². The fourth-order valence-corrected chi connectivity index (χ4v) is 4.58. The van der Waals surface area contributed by atoms with Crippen molar-refractivity contribution < 1.29 is 9.90 Å². The first-order valence-corrected chi connectivity index (χ1v) is 10.8. The Morgan fingerprint density at radius 1 is 1.17 bits per heavy atom. The van der Waals surface area contributed by atoms with E-state index >= 15 is 0 Å². The molecule has 30 heavy (non-hydrogen) atoms. The van der Waals surface area contributed by atoms with Gasteiger partial charge in [0.15, 0.2) is 0 Å². The minimum Gasteiger partial charge on any atom is -0.478 e. The summed E-state index contributed by atoms with van der Waals surface area (Å²) in [5, 5.41) is 11.5. The van der Waals surface area contributed by atoms with Gasteiger partial charge in [-0.1, -0.05) is 75.2 Å². The molecule has 1 heterocycles. The van der Waals surface area contributed by atoms with E-state index in [2.05, 4.69) is 26.8 Å². The number of benzene rings is 2. The number of aromatic carboxylic acids is 1. The summed E-state index contributed by atoms with van der Waals surface area (Å²) in [5.74, 6) is -0.568. The first kappa shape index (κ1) is 20.6. The molecule has 0 radical (unpaired) electrons. The highest BCUT2D eigenvalue weighted by atomic mass is 35.5. The van der Waals surface area contributed by atoms with Crippen LogP contribution >= 0.6 is 11.6 Å². The van der Waals surface area contributed by atoms with Crippen LogP contribution in [0.4, 0.5) is 0 Å². The predicted octanol–water partition coefficient (Wildman–Crippen LogP) is 7.13. The summed E-state index contributed by atoms with van der Waals surface area (Å²) in [5.41, 5.74) is 4.82. The molecule has 0 bridgehead atoms. The number of carbonyl (C=O) groups is 1. The van der Waals surface area contributed by atoms with Crippen molar-refractivity contribution in [3.05, 3.63) is 75.9 Å². The molecule has 1 N–H and O–H groups in total. The van der Waals surface area contributed by atoms with Crippen LogP contribution < -0.4 is 0 Å². The second-order valence-corrected chi connectivity index (χ2v) is 9.18. The maximum Gasteiger partial charge on any atom is 0.336 e. The quantitative estimate of drug-likeness (QED) is 0.489. The van der Waals surface area contributed by atoms with Gasteiger partial charge in [0.05, 0.1) is 16.8 Å². The van der Waals surface area contributed by atoms with Crippen molar-refractivity contribution in [2.24, 2.45) is 11.3 Å². The standard InChI is InChI=1S/C26H26ClNO2/c1-4-26(2,3)18-14-17(13-16-9-5-7-11-21(16)27)24-20(15-18)23(25(29)30)19-10-6-8-12-22(19)28-24/h5-13,18H,4,14-15H2,1-3H3,(H,29,30). The third kappa shape index (κ3) is 3.63. The number of hydrogen-bond acceptors (Lipinski definition) is 2. The van der Waals surface area contributed by atoms with E-state index < -0.39 is 5.97 Å². The van der Waals surface area contributed by atoms with E-state index in [-0.39, 0.29) is 5.41 Å². The van der Waals surface area contributed by atoms with Gasteiger partial charge in [-0.15, -0.1) is 0 Å². The highest BCUT2D eigenvalue weighted by Crippen LogP contribution is 2.46. The number of carboxylic acid groups (broad SMARTS) is 1. The van der Waals surface area contributed by atoms with Gasteiger partial charge in [0.25, 0.3) is 0 Å². The number of pyridine rings is 1. The molecular formula is C26H26ClNO2. The Labute approximate surface area is 182 Å². The van der Waals surface area contributed by atoms with Gasteiger partial charge in [0.2, 0.25) is 0 Å². The van der Waals surface area contributed by atoms with Crippen LogP contribution in [0, 0.1) is 11.3 Å². The molecule has 1 aromatic heterocycles. The van der Waals surface area contributed by atoms with Gasteiger partial charge in [0, 0.05) is 10.4 Å². The number of fused-ring (bicyclic) bond motifs is 2. The van der Waals surface area contributed by atoms with Gasteiger partial charge in [-0.05, 0) is 59.1 Å². The minimum atomic E-state index is -0.892. The molecule has 3 nitrogen and oxygen atoms in total. The average molecular weight is 420 g/mol. The van der Waals surface area contributed by atoms with Crippen LogP contribution in [-0.2, 0) is 6.42 Å². The Kier molecular flexibility index (Phi) is 5.42. The number of rotatable bonds is 4. The largest absolute Gasteiger partial charge is 0.478 e. The zero-order valence-corrected chi connectivity index (χ0v) is 18.3. The zero-order chi connectivity index (χ0) is 21.5. The number of halogens is 1. The smallest absolute Gasteiger partial charge is 0.336 e. The number of allylic oxidation sites excluding steroid dienone is 1. The zero-order valence-electron chi connectivity index (χ0n) is 17.6. The SMILES string of the molecule is CCC(C)(C)C1CC(=Cc2ccccc2Cl)c2nc3ccccc3c(C(=O)O)c2C1. The van der Waals surface area contributed by atoms with E-state index in [4.69, 9.17) is 16.6 Å². The van der Waals surface area contributed by atoms with Gasteiger partial charge in [-0.3, -0.25) is 0 Å². The average Bonchev–Trinajstić information content (AvgIpc) is 2.73. The molecule has 1 atom stereocenters. The molecule has 1 aliphatic carbocycles. The van der Waals surface area contributed by atoms with Crippen LogP contribution in [-0.4, -0.2) is 16.1 Å². The Hall–Kier alpha value is -2.65. The van der Waals surface area contributed by atoms with Crippen LogP contribution in [0.2, 0.25) is 5.02 Å². The summed E-state index contributed by atoms with van der Waals surface area (Å²) in [6.45, 7) is 6.74. The molecule has 0 fully saturated rings. The van der Waals surface area contributed by atoms with Gasteiger partial charge < -0.3 is 5.11 Å². The molecular weight excluding hydrogens is 394 g/mol. The first-order chi connectivity index (χ1) is 14.3. The molecule has 4 rings (SSSR count). The van der Waals surface area contributed by atoms with Gasteiger partial charge in [0.1, 0.15) is 0 Å². The summed E-state index contributed by atoms with van der Waals surface area (Å²) in [4.78, 5) is 17.3. The topological polar surface area (TPSA) is 50.2 Å². The van der Waals surface area contributed by atoms with Crippen LogP contribution in [0.1, 0.15) is 60.8 Å². The maximum absolute atomic E-state index is 12.4. The van der Waals surface area contributed by atoms with E-state index in [1.165, 1.54) is 0 Å². The third-order valence-corrected chi connectivity index (χ3v) is 7.02. The third-order valence-electron chi connectivity index (χ3n) is 6.68. The van der Waals surface area contributed by atoms with E-state index in [0.717, 1.165) is 41.7 Å². The molecule has 0 saturated carbocycles. The molecule has 0 spiro atoms. The lowest BCUT2D eigenvalue weighted by Crippen LogP contribution is -2.30. The minimum absolute atomic E-state index is 0.0820. The van der Waals surface area contributed by atoms with Crippen LogP contribution in [0.15, 0.2) is 48.5 Å². The molecule has 4 heteroatoms. The highest BCUT2D eigenvalue weighted by molar-refractivity contribution is 6.32. The van der Waals surface area contributed by atoms with Gasteiger partial charge >= 0.3 is 5.97 Å². The molecule has 154 valence electrons. The van der Waals surface area contributed by atoms with Crippen molar-refractivity contribution >= 4 is 40.1 Å². The first-order valence-electron chi connectivity index (χ1n) is 10.4. The molecule has 3 aromatic rings. The Bertz CT molecular complexity index is 1160. The summed E-state index contributed by atoms with van der Waals surface area (Å²) in [6, 6.07) is 15.3. The maximum atomic E-state index is 12.4. The van der Waals surface area contributed by atoms with Crippen molar-refractivity contribution in [3.63, 3.8) is 0 Å². The van der Waals surface area contributed by atoms with Crippen LogP contribution in [0.3, 0.4) is 0 Å². The molecule has 0 saturated heterocycles. The van der Waals surface area contributed by atoms with Crippen molar-refractivity contribution in [1.29, 1.82) is 0 Å². The van der Waals surface area contributed by atoms with Crippen molar-refractivity contribution in [2.75, 3.05) is 0 Å². The second-order valence-electron chi connectivity index (χ2n) is 8.77. The summed E-state index contributed by atoms with van der Waals surface area (Å²) >= 11 is 6.44. The van der Waals surface area contributed by atoms with E-state index in [1.54, 1.807) is 0 Å². The summed E-state index contributed by atoms with van der Waals surface area (Å²) in [7, 11) is 0. The lowest BCUT2D eigenvalue weighted by atomic mass is 9.67. The fraction of sp³-hybridized carbons (Fsp3) is 0.308. The molecule has 0 aliphatic heterocycles. The number of aromatic nitrogens is 1. The van der Waals surface area contributed by atoms with E-state index in [9.17, 15) is 9.90 Å². The van der Waals surface area contributed by atoms with E-state index in [0.29, 0.717) is 27.4 Å². The van der Waals surface area contributed by atoms with Gasteiger partial charge in [-0.25, -0.2) is 9.78 Å². The number of nitrogens with zero attached hydrogens (tertiary/aromatic N) is 1. The molecule has 1 unspecified atom stereocenters. The molecule has 0 amide bonds. The van der Waals surface area contributed by atoms with Crippen molar-refractivity contribution in [2.45, 2.75) is 40.0 Å². The normalized spacial score (nSPS) is 17.9. The highest BCUT2D eigenvalue weighted by Gasteiger charge is 2.36. The Morgan fingerprint density at radius 3 is 2.57 bits per heavy atom. The monoisotopic (exact) mass is 419 g/mol. The number of carboxylic acids is 1. The second kappa shape index (κ2) is 7.88. The van der Waals surface area contributed by atoms with Crippen LogP contribution in [0.5, 0.6) is 0 Å². The summed E-state index contributed by atoms with van der Waals surface area (Å²) in [6.07, 6.45) is 4.68. The molecule has 1 aliphatic rings. The van der Waals surface area contributed by atoms with Crippen molar-refractivity contribution in [1.82, 2.24) is 4.98 Å². The van der Waals surface area contributed by atoms with E-state index in [1.807, 2.05) is 48.5 Å².